The molecule has 2 amide bonds. The summed E-state index contributed by atoms with van der Waals surface area (Å²) in [5.41, 5.74) is 0.863. The minimum Gasteiger partial charge on any atom is -0.475 e. The molecule has 1 spiro atoms. The Balaban J connectivity index is 0.000000429. The first-order valence-corrected chi connectivity index (χ1v) is 11.6. The molecule has 4 rings (SSSR count). The Bertz CT molecular complexity index is 945. The van der Waals surface area contributed by atoms with Crippen molar-refractivity contribution in [3.63, 3.8) is 0 Å². The molecule has 0 bridgehead atoms. The number of carboxylic acid groups (broad SMARTS) is 1. The van der Waals surface area contributed by atoms with Crippen molar-refractivity contribution in [2.45, 2.75) is 45.3 Å². The van der Waals surface area contributed by atoms with Gasteiger partial charge in [-0.05, 0) is 67.8 Å². The molecule has 0 aromatic heterocycles. The predicted octanol–water partition coefficient (Wildman–Crippen LogP) is 3.05. The summed E-state index contributed by atoms with van der Waals surface area (Å²) in [7, 11) is 1.71. The van der Waals surface area contributed by atoms with Gasteiger partial charge in [0, 0.05) is 33.6 Å². The number of fused-ring (bicyclic) bond motifs is 2. The van der Waals surface area contributed by atoms with Gasteiger partial charge in [-0.25, -0.2) is 9.18 Å². The van der Waals surface area contributed by atoms with Gasteiger partial charge in [0.2, 0.25) is 11.8 Å². The Labute approximate surface area is 201 Å². The Morgan fingerprint density at radius 3 is 2.14 bits per heavy atom. The van der Waals surface area contributed by atoms with E-state index in [-0.39, 0.29) is 29.0 Å². The van der Waals surface area contributed by atoms with Gasteiger partial charge in [-0.15, -0.1) is 0 Å². The van der Waals surface area contributed by atoms with Crippen molar-refractivity contribution in [1.82, 2.24) is 15.1 Å². The van der Waals surface area contributed by atoms with Crippen molar-refractivity contribution in [1.29, 1.82) is 0 Å². The zero-order valence-corrected chi connectivity index (χ0v) is 19.8. The van der Waals surface area contributed by atoms with E-state index >= 15 is 0 Å². The van der Waals surface area contributed by atoms with Gasteiger partial charge < -0.3 is 15.3 Å². The summed E-state index contributed by atoms with van der Waals surface area (Å²) in [6.07, 6.45) is -1.02. The molecule has 0 radical (unpaired) electrons. The highest BCUT2D eigenvalue weighted by molar-refractivity contribution is 5.86. The number of rotatable bonds is 3. The van der Waals surface area contributed by atoms with Crippen molar-refractivity contribution in [2.24, 2.45) is 16.7 Å². The van der Waals surface area contributed by atoms with Crippen LogP contribution >= 0.6 is 0 Å². The smallest absolute Gasteiger partial charge is 0.475 e. The number of carbonyl (C=O) groups is 3. The molecule has 11 heteroatoms. The van der Waals surface area contributed by atoms with Crippen LogP contribution in [0.3, 0.4) is 0 Å². The minimum atomic E-state index is -5.08. The van der Waals surface area contributed by atoms with Gasteiger partial charge in [-0.3, -0.25) is 14.5 Å². The van der Waals surface area contributed by atoms with Crippen LogP contribution in [0.4, 0.5) is 17.6 Å². The normalized spacial score (nSPS) is 25.5. The highest BCUT2D eigenvalue weighted by Crippen LogP contribution is 2.62. The second-order valence-corrected chi connectivity index (χ2v) is 9.76. The van der Waals surface area contributed by atoms with E-state index in [1.54, 1.807) is 14.0 Å². The van der Waals surface area contributed by atoms with Crippen LogP contribution in [0.25, 0.3) is 0 Å². The number of likely N-dealkylation sites (tertiary alicyclic amines) is 2. The molecule has 1 saturated carbocycles. The average molecular weight is 502 g/mol. The first-order chi connectivity index (χ1) is 16.3. The summed E-state index contributed by atoms with van der Waals surface area (Å²) in [6, 6.07) is 6.75. The Morgan fingerprint density at radius 2 is 1.66 bits per heavy atom. The molecule has 0 unspecified atom stereocenters. The number of benzene rings is 1. The molecule has 1 aromatic rings. The van der Waals surface area contributed by atoms with Crippen LogP contribution in [0.2, 0.25) is 0 Å². The number of nitrogens with zero attached hydrogens (tertiary/aromatic N) is 2. The Morgan fingerprint density at radius 1 is 1.09 bits per heavy atom. The monoisotopic (exact) mass is 501 g/mol. The number of aliphatic carboxylic acids is 1. The largest absolute Gasteiger partial charge is 0.490 e. The predicted molar refractivity (Wildman–Crippen MR) is 119 cm³/mol. The van der Waals surface area contributed by atoms with E-state index in [1.165, 1.54) is 12.1 Å². The SMILES string of the molecule is CNC(=O)[C@@]12CCC3(CCN(Cc4ccc(F)cc4)CC3)[C@@H]1CN(C(C)=O)C2.O=C(O)C(F)(F)F. The van der Waals surface area contributed by atoms with Crippen LogP contribution in [0.1, 0.15) is 38.2 Å². The highest BCUT2D eigenvalue weighted by Gasteiger charge is 2.64. The lowest BCUT2D eigenvalue weighted by atomic mass is 9.65. The van der Waals surface area contributed by atoms with Gasteiger partial charge >= 0.3 is 12.1 Å². The molecule has 2 N–H and O–H groups in total. The zero-order valence-electron chi connectivity index (χ0n) is 19.8. The number of amides is 2. The standard InChI is InChI=1S/C22H30FN3O2.C2HF3O2/c1-16(27)26-14-19-21(7-8-22(19,15-26)20(28)24-2)9-11-25(12-10-21)13-17-3-5-18(23)6-4-17;3-2(4,5)1(6)7/h3-6,19H,7-15H2,1-2H3,(H,24,28);(H,6,7)/t19-,22+;/m0./s1. The van der Waals surface area contributed by atoms with Crippen LogP contribution < -0.4 is 5.32 Å². The average Bonchev–Trinajstić information content (AvgIpc) is 3.34. The molecule has 1 aromatic carbocycles. The quantitative estimate of drug-likeness (QED) is 0.622. The summed E-state index contributed by atoms with van der Waals surface area (Å²) in [4.78, 5) is 38.1. The van der Waals surface area contributed by atoms with Gasteiger partial charge in [0.05, 0.1) is 5.41 Å². The van der Waals surface area contributed by atoms with Crippen LogP contribution in [-0.2, 0) is 20.9 Å². The molecular weight excluding hydrogens is 470 g/mol. The number of hydrogen-bond acceptors (Lipinski definition) is 4. The summed E-state index contributed by atoms with van der Waals surface area (Å²) in [5, 5.41) is 10.0. The maximum Gasteiger partial charge on any atom is 0.490 e. The fraction of sp³-hybridized carbons (Fsp3) is 0.625. The molecule has 3 fully saturated rings. The fourth-order valence-corrected chi connectivity index (χ4v) is 6.03. The van der Waals surface area contributed by atoms with E-state index in [4.69, 9.17) is 9.90 Å². The molecular formula is C24H31F4N3O4. The first kappa shape index (κ1) is 26.9. The van der Waals surface area contributed by atoms with Crippen molar-refractivity contribution < 1.29 is 37.1 Å². The van der Waals surface area contributed by atoms with Crippen LogP contribution in [0, 0.1) is 22.6 Å². The minimum absolute atomic E-state index is 0.0709. The zero-order chi connectivity index (χ0) is 26.0. The molecule has 7 nitrogen and oxygen atoms in total. The molecule has 35 heavy (non-hydrogen) atoms. The van der Waals surface area contributed by atoms with E-state index in [0.717, 1.165) is 50.9 Å². The molecule has 2 aliphatic heterocycles. The number of halogens is 4. The van der Waals surface area contributed by atoms with Gasteiger partial charge in [0.1, 0.15) is 5.82 Å². The molecule has 1 aliphatic carbocycles. The Hall–Kier alpha value is -2.69. The molecule has 2 saturated heterocycles. The van der Waals surface area contributed by atoms with E-state index in [9.17, 15) is 27.2 Å². The molecule has 2 heterocycles. The molecule has 3 aliphatic rings. The van der Waals surface area contributed by atoms with Crippen molar-refractivity contribution in [3.05, 3.63) is 35.6 Å². The number of nitrogens with one attached hydrogen (secondary N) is 1. The number of hydrogen-bond donors (Lipinski definition) is 2. The number of piperidine rings is 1. The third kappa shape index (κ3) is 5.60. The summed E-state index contributed by atoms with van der Waals surface area (Å²) >= 11 is 0. The fourth-order valence-electron chi connectivity index (χ4n) is 6.03. The summed E-state index contributed by atoms with van der Waals surface area (Å²) in [5.74, 6) is -2.54. The molecule has 194 valence electrons. The third-order valence-corrected chi connectivity index (χ3v) is 7.89. The van der Waals surface area contributed by atoms with E-state index in [0.29, 0.717) is 13.1 Å². The maximum absolute atomic E-state index is 13.1. The molecule has 2 atom stereocenters. The summed E-state index contributed by atoms with van der Waals surface area (Å²) in [6.45, 7) is 5.68. The third-order valence-electron chi connectivity index (χ3n) is 7.89. The lowest BCUT2D eigenvalue weighted by Gasteiger charge is -2.44. The van der Waals surface area contributed by atoms with E-state index < -0.39 is 17.6 Å². The lowest BCUT2D eigenvalue weighted by molar-refractivity contribution is -0.192. The second kappa shape index (κ2) is 10.1. The van der Waals surface area contributed by atoms with Gasteiger partial charge in [0.25, 0.3) is 0 Å². The number of carboxylic acids is 1. The van der Waals surface area contributed by atoms with Crippen molar-refractivity contribution in [2.75, 3.05) is 33.2 Å². The number of alkyl halides is 3. The highest BCUT2D eigenvalue weighted by atomic mass is 19.4. The van der Waals surface area contributed by atoms with Gasteiger partial charge in [0.15, 0.2) is 0 Å². The van der Waals surface area contributed by atoms with Crippen LogP contribution in [0.15, 0.2) is 24.3 Å². The first-order valence-electron chi connectivity index (χ1n) is 11.6. The van der Waals surface area contributed by atoms with Crippen molar-refractivity contribution >= 4 is 17.8 Å². The van der Waals surface area contributed by atoms with Gasteiger partial charge in [-0.2, -0.15) is 13.2 Å². The van der Waals surface area contributed by atoms with E-state index in [2.05, 4.69) is 10.2 Å². The van der Waals surface area contributed by atoms with Gasteiger partial charge in [-0.1, -0.05) is 12.1 Å². The van der Waals surface area contributed by atoms with Crippen LogP contribution in [0.5, 0.6) is 0 Å². The van der Waals surface area contributed by atoms with Crippen molar-refractivity contribution in [3.8, 4) is 0 Å². The topological polar surface area (TPSA) is 90.0 Å². The maximum atomic E-state index is 13.1. The Kier molecular flexibility index (Phi) is 7.78. The number of carbonyl (C=O) groups excluding carboxylic acids is 2. The van der Waals surface area contributed by atoms with Crippen LogP contribution in [-0.4, -0.2) is 72.1 Å². The second-order valence-electron chi connectivity index (χ2n) is 9.76. The lowest BCUT2D eigenvalue weighted by Crippen LogP contribution is -2.48. The van der Waals surface area contributed by atoms with E-state index in [1.807, 2.05) is 17.0 Å². The summed E-state index contributed by atoms with van der Waals surface area (Å²) < 4.78 is 44.9.